The summed E-state index contributed by atoms with van der Waals surface area (Å²) in [5.41, 5.74) is -25.7. The molecule has 8 rings (SSSR count). The van der Waals surface area contributed by atoms with Crippen LogP contribution < -0.4 is 0 Å². The molecule has 3 N–H and O–H groups in total. The fraction of sp³-hybridized carbons (Fsp3) is 0.0541. The zero-order valence-electron chi connectivity index (χ0n) is 30.6. The standard InChI is InChI=1S/C37H10F15N7O6/c38-18-15(19(39)25(45)30(50)24(18)44)12-6-1-3-8(53-6)13(16-20(40)26(46)31(51)27(47)21(16)41)34-11(57(60)61)5-10(55-34)33-36(58(62)63)37(59(64)65)35(56-33)14(9-4-2-7(12)54-9)17-22(42)28(48)32(52)29(49)23(17)43/h1,3,5,53,55-56H,2,4H2. The van der Waals surface area contributed by atoms with E-state index >= 15 is 26.3 Å². The quantitative estimate of drug-likeness (QED) is 0.0486. The average molecular weight is 933 g/mol. The number of aromatic amines is 3. The lowest BCUT2D eigenvalue weighted by Crippen LogP contribution is -2.06. The smallest absolute Gasteiger partial charge is 0.354 e. The van der Waals surface area contributed by atoms with Crippen molar-refractivity contribution in [3.05, 3.63) is 147 Å². The van der Waals surface area contributed by atoms with Crippen LogP contribution in [0.25, 0.3) is 66.5 Å². The molecule has 0 saturated heterocycles. The van der Waals surface area contributed by atoms with Gasteiger partial charge < -0.3 is 15.0 Å². The summed E-state index contributed by atoms with van der Waals surface area (Å²) in [6.45, 7) is 0. The van der Waals surface area contributed by atoms with Crippen molar-refractivity contribution in [1.29, 1.82) is 0 Å². The third-order valence-corrected chi connectivity index (χ3v) is 10.1. The highest BCUT2D eigenvalue weighted by Gasteiger charge is 2.40. The zero-order valence-corrected chi connectivity index (χ0v) is 30.6. The topological polar surface area (TPSA) is 190 Å². The van der Waals surface area contributed by atoms with Crippen LogP contribution in [0.2, 0.25) is 0 Å². The lowest BCUT2D eigenvalue weighted by molar-refractivity contribution is -0.419. The number of fused-ring (bicyclic) bond motifs is 9. The third kappa shape index (κ3) is 6.17. The average Bonchev–Trinajstić information content (AvgIpc) is 4.10. The number of aryl methyl sites for hydroxylation is 2. The Morgan fingerprint density at radius 2 is 0.738 bits per heavy atom. The van der Waals surface area contributed by atoms with Gasteiger partial charge in [0.1, 0.15) is 16.6 Å². The lowest BCUT2D eigenvalue weighted by atomic mass is 9.98. The highest BCUT2D eigenvalue weighted by molar-refractivity contribution is 6.06. The number of halogens is 15. The normalized spacial score (nSPS) is 12.2. The number of benzene rings is 3. The Labute approximate surface area is 344 Å². The second-order valence-electron chi connectivity index (χ2n) is 13.5. The van der Waals surface area contributed by atoms with E-state index in [1.165, 1.54) is 0 Å². The number of hydrogen-bond acceptors (Lipinski definition) is 7. The van der Waals surface area contributed by atoms with Crippen molar-refractivity contribution in [2.75, 3.05) is 0 Å². The molecule has 65 heavy (non-hydrogen) atoms. The van der Waals surface area contributed by atoms with Gasteiger partial charge in [0.25, 0.3) is 5.69 Å². The molecule has 8 bridgehead atoms. The maximum atomic E-state index is 15.8. The third-order valence-electron chi connectivity index (χ3n) is 10.1. The molecule has 0 aliphatic carbocycles. The van der Waals surface area contributed by atoms with E-state index in [0.29, 0.717) is 12.1 Å². The molecule has 0 amide bonds. The van der Waals surface area contributed by atoms with Crippen molar-refractivity contribution in [3.63, 3.8) is 0 Å². The van der Waals surface area contributed by atoms with E-state index < -0.39 is 210 Å². The van der Waals surface area contributed by atoms with Gasteiger partial charge in [0.05, 0.1) is 48.4 Å². The highest BCUT2D eigenvalue weighted by atomic mass is 19.2. The molecule has 0 spiro atoms. The van der Waals surface area contributed by atoms with E-state index in [1.807, 2.05) is 9.97 Å². The molecular formula is C37H10F15N7O6. The van der Waals surface area contributed by atoms with Gasteiger partial charge in [-0.25, -0.2) is 65.9 Å². The Morgan fingerprint density at radius 1 is 0.385 bits per heavy atom. The van der Waals surface area contributed by atoms with Crippen molar-refractivity contribution in [2.24, 2.45) is 0 Å². The summed E-state index contributed by atoms with van der Waals surface area (Å²) in [5, 5.41) is 38.0. The molecule has 28 heteroatoms. The van der Waals surface area contributed by atoms with Crippen LogP contribution in [0.1, 0.15) is 11.4 Å². The number of aromatic nitrogens is 4. The van der Waals surface area contributed by atoms with Crippen molar-refractivity contribution >= 4 is 50.2 Å². The first-order chi connectivity index (χ1) is 30.5. The number of nitrogens with one attached hydrogen (secondary N) is 3. The maximum absolute atomic E-state index is 15.8. The summed E-state index contributed by atoms with van der Waals surface area (Å²) in [6.07, 6.45) is -1.99. The summed E-state index contributed by atoms with van der Waals surface area (Å²) in [4.78, 5) is 43.2. The van der Waals surface area contributed by atoms with Crippen LogP contribution in [0.5, 0.6) is 0 Å². The van der Waals surface area contributed by atoms with Gasteiger partial charge in [0.2, 0.25) is 17.5 Å². The van der Waals surface area contributed by atoms with Crippen LogP contribution in [-0.4, -0.2) is 34.7 Å². The molecule has 0 unspecified atom stereocenters. The lowest BCUT2D eigenvalue weighted by Gasteiger charge is -2.11. The monoisotopic (exact) mass is 933 g/mol. The molecule has 5 heterocycles. The minimum atomic E-state index is -2.82. The van der Waals surface area contributed by atoms with Gasteiger partial charge >= 0.3 is 11.4 Å². The van der Waals surface area contributed by atoms with E-state index in [4.69, 9.17) is 0 Å². The largest absolute Gasteiger partial charge is 0.373 e. The van der Waals surface area contributed by atoms with Gasteiger partial charge in [0, 0.05) is 33.8 Å². The second kappa shape index (κ2) is 15.0. The summed E-state index contributed by atoms with van der Waals surface area (Å²) in [6, 6.07) is 1.31. The van der Waals surface area contributed by atoms with Gasteiger partial charge in [-0.15, -0.1) is 0 Å². The molecule has 0 radical (unpaired) electrons. The molecule has 1 aliphatic rings. The highest BCUT2D eigenvalue weighted by Crippen LogP contribution is 2.48. The molecule has 13 nitrogen and oxygen atoms in total. The van der Waals surface area contributed by atoms with Crippen LogP contribution in [0, 0.1) is 118 Å². The maximum Gasteiger partial charge on any atom is 0.373 e. The van der Waals surface area contributed by atoms with Crippen LogP contribution in [0.15, 0.2) is 18.2 Å². The van der Waals surface area contributed by atoms with E-state index in [9.17, 15) is 69.9 Å². The van der Waals surface area contributed by atoms with E-state index in [0.717, 1.165) is 0 Å². The molecule has 7 aromatic rings. The van der Waals surface area contributed by atoms with E-state index in [-0.39, 0.29) is 6.07 Å². The summed E-state index contributed by atoms with van der Waals surface area (Å²) in [7, 11) is 0. The molecule has 3 aromatic carbocycles. The Kier molecular flexibility index (Phi) is 10.0. The molecule has 1 aliphatic heterocycles. The van der Waals surface area contributed by atoms with Gasteiger partial charge in [-0.05, 0) is 25.0 Å². The predicted octanol–water partition coefficient (Wildman–Crippen LogP) is 11.1. The van der Waals surface area contributed by atoms with Gasteiger partial charge in [-0.1, -0.05) is 0 Å². The SMILES string of the molecule is O=[N+]([O-])c1cc2[nH]c1c(-c1c(F)c(F)c(F)c(F)c1F)c1ccc([nH]1)c(-c1c(F)c(F)c(F)c(F)c1F)c1nc(c(-c3c(F)c(F)c(F)c(F)c3F)c3[nH]c2c([N+](=O)[O-])c3[N+](=O)[O-])CC1. The number of hydrogen-bond donors (Lipinski definition) is 3. The molecule has 0 atom stereocenters. The first-order valence-corrected chi connectivity index (χ1v) is 17.2. The molecular weight excluding hydrogens is 923 g/mol. The van der Waals surface area contributed by atoms with Crippen molar-refractivity contribution < 1.29 is 80.6 Å². The number of nitrogens with zero attached hydrogens (tertiary/aromatic N) is 4. The van der Waals surface area contributed by atoms with Gasteiger partial charge in [-0.2, -0.15) is 0 Å². The molecule has 0 saturated carbocycles. The zero-order chi connectivity index (χ0) is 47.6. The Hall–Kier alpha value is -8.20. The first kappa shape index (κ1) is 43.4. The van der Waals surface area contributed by atoms with Crippen LogP contribution in [0.3, 0.4) is 0 Å². The summed E-state index contributed by atoms with van der Waals surface area (Å²) >= 11 is 0. The molecule has 4 aromatic heterocycles. The number of rotatable bonds is 6. The Balaban J connectivity index is 1.79. The fourth-order valence-electron chi connectivity index (χ4n) is 7.40. The van der Waals surface area contributed by atoms with Crippen LogP contribution in [-0.2, 0) is 12.8 Å². The van der Waals surface area contributed by atoms with E-state index in [2.05, 4.69) is 9.97 Å². The van der Waals surface area contributed by atoms with Gasteiger partial charge in [-0.3, -0.25) is 35.3 Å². The summed E-state index contributed by atoms with van der Waals surface area (Å²) < 4.78 is 227. The fourth-order valence-corrected chi connectivity index (χ4v) is 7.40. The minimum Gasteiger partial charge on any atom is -0.354 e. The molecule has 334 valence electrons. The Bertz CT molecular complexity index is 3430. The van der Waals surface area contributed by atoms with Gasteiger partial charge in [0.15, 0.2) is 69.8 Å². The number of nitro groups is 3. The van der Waals surface area contributed by atoms with Crippen molar-refractivity contribution in [1.82, 2.24) is 19.9 Å². The van der Waals surface area contributed by atoms with E-state index in [1.54, 1.807) is 0 Å². The molecule has 0 fully saturated rings. The van der Waals surface area contributed by atoms with Crippen molar-refractivity contribution in [3.8, 4) is 33.4 Å². The predicted molar refractivity (Wildman–Crippen MR) is 189 cm³/mol. The minimum absolute atomic E-state index is 0.201. The van der Waals surface area contributed by atoms with Crippen LogP contribution >= 0.6 is 0 Å². The summed E-state index contributed by atoms with van der Waals surface area (Å²) in [5.74, 6) is -41.0. The number of H-pyrrole nitrogens is 3. The van der Waals surface area contributed by atoms with Crippen molar-refractivity contribution in [2.45, 2.75) is 12.8 Å². The first-order valence-electron chi connectivity index (χ1n) is 17.2. The van der Waals surface area contributed by atoms with Crippen LogP contribution in [0.4, 0.5) is 82.9 Å². The Morgan fingerprint density at radius 3 is 1.15 bits per heavy atom. The second-order valence-corrected chi connectivity index (χ2v) is 13.5.